The normalized spacial score (nSPS) is 10.8. The largest absolute Gasteiger partial charge is 0.870 e. The summed E-state index contributed by atoms with van der Waals surface area (Å²) in [6.45, 7) is 9.78. The number of nitrogens with zero attached hydrogens (tertiary/aromatic N) is 1. The van der Waals surface area contributed by atoms with Gasteiger partial charge in [0.25, 0.3) is 10.1 Å². The summed E-state index contributed by atoms with van der Waals surface area (Å²) in [6.07, 6.45) is 2.71. The number of carbonyl (C=O) groups is 1. The van der Waals surface area contributed by atoms with Gasteiger partial charge < -0.3 is 10.2 Å². The molecule has 8 heteroatoms. The van der Waals surface area contributed by atoms with E-state index in [1.54, 1.807) is 6.92 Å². The summed E-state index contributed by atoms with van der Waals surface area (Å²) in [5, 5.41) is 0. The molecule has 0 aliphatic carbocycles. The molecule has 0 fully saturated rings. The summed E-state index contributed by atoms with van der Waals surface area (Å²) in [5.74, 6) is -0.704. The summed E-state index contributed by atoms with van der Waals surface area (Å²) in [5.41, 5.74) is 3.52. The first-order chi connectivity index (χ1) is 10.6. The van der Waals surface area contributed by atoms with Crippen LogP contribution in [0, 0.1) is 13.8 Å². The number of carbonyl (C=O) groups excluding carboxylic acids is 1. The van der Waals surface area contributed by atoms with Gasteiger partial charge in [-0.15, -0.1) is 0 Å². The zero-order chi connectivity index (χ0) is 17.6. The van der Waals surface area contributed by atoms with Crippen LogP contribution in [0.15, 0.2) is 24.4 Å². The fourth-order valence-electron chi connectivity index (χ4n) is 2.18. The Bertz CT molecular complexity index is 697. The molecule has 1 rings (SSSR count). The lowest BCUT2D eigenvalue weighted by Crippen LogP contribution is -2.40. The molecule has 0 saturated heterocycles. The highest BCUT2D eigenvalue weighted by molar-refractivity contribution is 7.85. The van der Waals surface area contributed by atoms with Crippen molar-refractivity contribution in [2.75, 3.05) is 12.4 Å². The molecule has 2 N–H and O–H groups in total. The third-order valence-electron chi connectivity index (χ3n) is 3.60. The van der Waals surface area contributed by atoms with Crippen molar-refractivity contribution in [1.29, 1.82) is 0 Å². The maximum Gasteiger partial charge on any atom is 0.333 e. The molecular formula is C16H25NO6S. The second kappa shape index (κ2) is 9.51. The molecule has 0 atom stereocenters. The Labute approximate surface area is 143 Å². The van der Waals surface area contributed by atoms with E-state index in [-0.39, 0.29) is 17.8 Å². The second-order valence-electron chi connectivity index (χ2n) is 5.57. The molecule has 0 spiro atoms. The minimum atomic E-state index is -3.96. The fourth-order valence-corrected chi connectivity index (χ4v) is 2.68. The first-order valence-electron chi connectivity index (χ1n) is 7.38. The summed E-state index contributed by atoms with van der Waals surface area (Å²) in [4.78, 5) is 11.4. The van der Waals surface area contributed by atoms with Gasteiger partial charge in [0.1, 0.15) is 13.2 Å². The monoisotopic (exact) mass is 359 g/mol. The Hall–Kier alpha value is -1.77. The van der Waals surface area contributed by atoms with Crippen LogP contribution in [0.25, 0.3) is 0 Å². The lowest BCUT2D eigenvalue weighted by molar-refractivity contribution is -0.704. The van der Waals surface area contributed by atoms with Gasteiger partial charge in [-0.1, -0.05) is 6.58 Å². The molecule has 0 bridgehead atoms. The molecule has 0 unspecified atom stereocenters. The molecule has 0 aromatic carbocycles. The van der Waals surface area contributed by atoms with Crippen LogP contribution in [0.4, 0.5) is 0 Å². The maximum atomic E-state index is 11.4. The van der Waals surface area contributed by atoms with Crippen molar-refractivity contribution in [3.63, 3.8) is 0 Å². The Morgan fingerprint density at radius 3 is 2.54 bits per heavy atom. The number of esters is 1. The van der Waals surface area contributed by atoms with Crippen LogP contribution >= 0.6 is 0 Å². The van der Waals surface area contributed by atoms with Crippen molar-refractivity contribution in [2.24, 2.45) is 0 Å². The van der Waals surface area contributed by atoms with Gasteiger partial charge in [0.2, 0.25) is 0 Å². The molecule has 1 aromatic heterocycles. The van der Waals surface area contributed by atoms with E-state index in [1.165, 1.54) is 0 Å². The molecule has 136 valence electrons. The lowest BCUT2D eigenvalue weighted by Gasteiger charge is -2.10. The molecule has 0 aliphatic rings. The Balaban J connectivity index is 0.00000529. The van der Waals surface area contributed by atoms with Crippen LogP contribution in [0.3, 0.4) is 0 Å². The third-order valence-corrected chi connectivity index (χ3v) is 4.40. The Morgan fingerprint density at radius 1 is 1.38 bits per heavy atom. The highest BCUT2D eigenvalue weighted by atomic mass is 32.2. The SMILES string of the molecule is C=C(C)C(=O)OCCc1c(C)c(C)cc[n+]1CCCS(=O)(=O)O.[OH-]. The average Bonchev–Trinajstić information content (AvgIpc) is 2.43. The zero-order valence-corrected chi connectivity index (χ0v) is 15.1. The minimum Gasteiger partial charge on any atom is -0.870 e. The number of hydrogen-bond donors (Lipinski definition) is 1. The quantitative estimate of drug-likeness (QED) is 0.324. The van der Waals surface area contributed by atoms with Gasteiger partial charge >= 0.3 is 5.97 Å². The molecule has 0 aliphatic heterocycles. The van der Waals surface area contributed by atoms with E-state index in [4.69, 9.17) is 9.29 Å². The molecule has 7 nitrogen and oxygen atoms in total. The standard InChI is InChI=1S/C16H23NO5S.H2O/c1-12(2)16(18)22-10-7-15-14(4)13(3)6-9-17(15)8-5-11-23(19,20)21;/h6,9H,1,5,7-8,10-11H2,2-4H3;1H2. The van der Waals surface area contributed by atoms with Crippen molar-refractivity contribution < 1.29 is 32.5 Å². The summed E-state index contributed by atoms with van der Waals surface area (Å²) < 4.78 is 37.5. The first kappa shape index (κ1) is 22.2. The number of pyridine rings is 1. The number of rotatable bonds is 8. The highest BCUT2D eigenvalue weighted by Gasteiger charge is 2.17. The van der Waals surface area contributed by atoms with E-state index < -0.39 is 16.1 Å². The van der Waals surface area contributed by atoms with Gasteiger partial charge in [0.15, 0.2) is 11.9 Å². The molecule has 1 aromatic rings. The average molecular weight is 359 g/mol. The van der Waals surface area contributed by atoms with Crippen LogP contribution in [0.5, 0.6) is 0 Å². The lowest BCUT2D eigenvalue weighted by atomic mass is 10.1. The second-order valence-corrected chi connectivity index (χ2v) is 7.14. The van der Waals surface area contributed by atoms with Gasteiger partial charge in [0, 0.05) is 23.6 Å². The molecule has 0 amide bonds. The van der Waals surface area contributed by atoms with Gasteiger partial charge in [-0.05, 0) is 26.3 Å². The highest BCUT2D eigenvalue weighted by Crippen LogP contribution is 2.10. The molecular weight excluding hydrogens is 334 g/mol. The van der Waals surface area contributed by atoms with E-state index in [2.05, 4.69) is 6.58 Å². The van der Waals surface area contributed by atoms with Crippen molar-refractivity contribution in [1.82, 2.24) is 0 Å². The zero-order valence-electron chi connectivity index (χ0n) is 14.3. The van der Waals surface area contributed by atoms with Gasteiger partial charge in [-0.3, -0.25) is 4.55 Å². The summed E-state index contributed by atoms with van der Waals surface area (Å²) >= 11 is 0. The van der Waals surface area contributed by atoms with Crippen molar-refractivity contribution >= 4 is 16.1 Å². The number of hydrogen-bond acceptors (Lipinski definition) is 5. The predicted octanol–water partition coefficient (Wildman–Crippen LogP) is 1.35. The molecule has 0 radical (unpaired) electrons. The van der Waals surface area contributed by atoms with Crippen molar-refractivity contribution in [3.05, 3.63) is 41.2 Å². The van der Waals surface area contributed by atoms with Crippen LogP contribution in [-0.4, -0.2) is 36.8 Å². The minimum absolute atomic E-state index is 0. The van der Waals surface area contributed by atoms with Gasteiger partial charge in [-0.2, -0.15) is 8.42 Å². The number of aromatic nitrogens is 1. The number of ether oxygens (including phenoxy) is 1. The van der Waals surface area contributed by atoms with Crippen LogP contribution in [0.2, 0.25) is 0 Å². The van der Waals surface area contributed by atoms with Crippen molar-refractivity contribution in [3.8, 4) is 0 Å². The molecule has 0 saturated carbocycles. The topological polar surface area (TPSA) is 115 Å². The fraction of sp³-hybridized carbons (Fsp3) is 0.500. The summed E-state index contributed by atoms with van der Waals surface area (Å²) in [7, 11) is -3.96. The first-order valence-corrected chi connectivity index (χ1v) is 8.99. The van der Waals surface area contributed by atoms with Crippen LogP contribution in [-0.2, 0) is 32.6 Å². The number of aryl methyl sites for hydroxylation is 2. The Morgan fingerprint density at radius 2 is 2.00 bits per heavy atom. The molecule has 24 heavy (non-hydrogen) atoms. The van der Waals surface area contributed by atoms with Gasteiger partial charge in [0.05, 0.1) is 12.2 Å². The van der Waals surface area contributed by atoms with Crippen LogP contribution in [0.1, 0.15) is 30.2 Å². The van der Waals surface area contributed by atoms with E-state index in [0.717, 1.165) is 16.8 Å². The molecule has 1 heterocycles. The smallest absolute Gasteiger partial charge is 0.333 e. The Kier molecular flexibility index (Phi) is 8.81. The van der Waals surface area contributed by atoms with Gasteiger partial charge in [-0.25, -0.2) is 9.36 Å². The maximum absolute atomic E-state index is 11.4. The van der Waals surface area contributed by atoms with E-state index >= 15 is 0 Å². The summed E-state index contributed by atoms with van der Waals surface area (Å²) in [6, 6.07) is 1.95. The van der Waals surface area contributed by atoms with E-state index in [9.17, 15) is 13.2 Å². The van der Waals surface area contributed by atoms with Crippen LogP contribution < -0.4 is 4.57 Å². The van der Waals surface area contributed by atoms with E-state index in [1.807, 2.05) is 30.7 Å². The van der Waals surface area contributed by atoms with Crippen molar-refractivity contribution in [2.45, 2.75) is 40.2 Å². The van der Waals surface area contributed by atoms with E-state index in [0.29, 0.717) is 25.0 Å². The predicted molar refractivity (Wildman–Crippen MR) is 88.6 cm³/mol. The third kappa shape index (κ3) is 7.20.